The molecule has 1 aliphatic heterocycles. The number of benzene rings is 2. The first-order chi connectivity index (χ1) is 16.6. The minimum Gasteiger partial charge on any atom is -0.491 e. The molecule has 2 aromatic rings. The van der Waals surface area contributed by atoms with Gasteiger partial charge in [-0.15, -0.1) is 0 Å². The van der Waals surface area contributed by atoms with Gasteiger partial charge in [-0.05, 0) is 43.3 Å². The fraction of sp³-hybridized carbons (Fsp3) is 0.423. The van der Waals surface area contributed by atoms with Crippen molar-refractivity contribution in [2.45, 2.75) is 32.9 Å². The summed E-state index contributed by atoms with van der Waals surface area (Å²) in [6.45, 7) is 5.96. The number of fused-ring (bicyclic) bond motifs is 1. The molecule has 0 fully saturated rings. The monoisotopic (exact) mass is 485 g/mol. The number of hydrogen-bond donors (Lipinski definition) is 1. The Kier molecular flexibility index (Phi) is 8.45. The zero-order valence-electron chi connectivity index (χ0n) is 20.7. The van der Waals surface area contributed by atoms with E-state index in [0.717, 1.165) is 0 Å². The summed E-state index contributed by atoms with van der Waals surface area (Å²) >= 11 is 0. The van der Waals surface area contributed by atoms with Gasteiger partial charge < -0.3 is 24.6 Å². The number of nitrogens with zero attached hydrogens (tertiary/aromatic N) is 2. The molecule has 3 rings (SSSR count). The quantitative estimate of drug-likeness (QED) is 0.720. The van der Waals surface area contributed by atoms with Crippen LogP contribution in [0.2, 0.25) is 0 Å². The summed E-state index contributed by atoms with van der Waals surface area (Å²) in [7, 11) is 3.26. The van der Waals surface area contributed by atoms with Crippen LogP contribution < -0.4 is 10.1 Å². The zero-order valence-corrected chi connectivity index (χ0v) is 20.7. The molecule has 0 saturated carbocycles. The Morgan fingerprint density at radius 1 is 1.11 bits per heavy atom. The summed E-state index contributed by atoms with van der Waals surface area (Å²) in [5, 5.41) is 2.69. The second-order valence-electron chi connectivity index (χ2n) is 8.95. The molecule has 3 atom stereocenters. The van der Waals surface area contributed by atoms with Gasteiger partial charge in [0.1, 0.15) is 18.2 Å². The Bertz CT molecular complexity index is 1080. The van der Waals surface area contributed by atoms with E-state index >= 15 is 0 Å². The van der Waals surface area contributed by atoms with E-state index in [1.807, 2.05) is 13.8 Å². The molecule has 188 valence electrons. The number of nitrogens with one attached hydrogen (secondary N) is 1. The molecule has 1 aliphatic rings. The second kappa shape index (κ2) is 11.3. The van der Waals surface area contributed by atoms with Crippen molar-refractivity contribution in [2.75, 3.05) is 39.2 Å². The number of ether oxygens (including phenoxy) is 2. The predicted molar refractivity (Wildman–Crippen MR) is 130 cm³/mol. The van der Waals surface area contributed by atoms with E-state index in [0.29, 0.717) is 35.7 Å². The Morgan fingerprint density at radius 3 is 2.43 bits per heavy atom. The molecule has 0 spiro atoms. The van der Waals surface area contributed by atoms with Crippen molar-refractivity contribution in [3.05, 3.63) is 59.4 Å². The van der Waals surface area contributed by atoms with E-state index in [9.17, 15) is 18.8 Å². The van der Waals surface area contributed by atoms with Crippen LogP contribution in [0.4, 0.5) is 10.1 Å². The molecule has 1 N–H and O–H groups in total. The molecule has 0 bridgehead atoms. The van der Waals surface area contributed by atoms with Gasteiger partial charge in [-0.2, -0.15) is 0 Å². The number of carbonyl (C=O) groups is 3. The standard InChI is InChI=1S/C26H32FN3O5/c1-16-13-30(25(32)19-6-8-20(27)9-7-19)17(2)15-35-23-12-21(28-18(3)31)10-11-22(23)26(33)29(4)14-24(16)34-5/h6-12,16-17,24H,13-15H2,1-5H3,(H,28,31)/t16-,17-,24-/m1/s1. The minimum atomic E-state index is -0.418. The largest absolute Gasteiger partial charge is 0.491 e. The molecule has 1 heterocycles. The van der Waals surface area contributed by atoms with Gasteiger partial charge >= 0.3 is 0 Å². The number of rotatable bonds is 3. The van der Waals surface area contributed by atoms with Crippen molar-refractivity contribution in [2.24, 2.45) is 5.92 Å². The van der Waals surface area contributed by atoms with Crippen LogP contribution in [0.25, 0.3) is 0 Å². The van der Waals surface area contributed by atoms with Crippen LogP contribution in [0.3, 0.4) is 0 Å². The third kappa shape index (κ3) is 6.36. The molecular weight excluding hydrogens is 453 g/mol. The molecule has 0 saturated heterocycles. The van der Waals surface area contributed by atoms with Gasteiger partial charge in [0, 0.05) is 57.4 Å². The molecule has 35 heavy (non-hydrogen) atoms. The molecule has 0 radical (unpaired) electrons. The second-order valence-corrected chi connectivity index (χ2v) is 8.95. The highest BCUT2D eigenvalue weighted by Gasteiger charge is 2.31. The first-order valence-electron chi connectivity index (χ1n) is 11.5. The highest BCUT2D eigenvalue weighted by atomic mass is 19.1. The van der Waals surface area contributed by atoms with Gasteiger partial charge in [-0.25, -0.2) is 4.39 Å². The lowest BCUT2D eigenvalue weighted by molar-refractivity contribution is -0.114. The maximum atomic E-state index is 13.4. The maximum Gasteiger partial charge on any atom is 0.257 e. The molecule has 8 nitrogen and oxygen atoms in total. The highest BCUT2D eigenvalue weighted by molar-refractivity contribution is 5.98. The van der Waals surface area contributed by atoms with Crippen LogP contribution in [-0.2, 0) is 9.53 Å². The van der Waals surface area contributed by atoms with Crippen molar-refractivity contribution in [3.63, 3.8) is 0 Å². The summed E-state index contributed by atoms with van der Waals surface area (Å²) in [6, 6.07) is 9.91. The third-order valence-corrected chi connectivity index (χ3v) is 6.12. The van der Waals surface area contributed by atoms with Crippen LogP contribution >= 0.6 is 0 Å². The lowest BCUT2D eigenvalue weighted by Gasteiger charge is -2.36. The summed E-state index contributed by atoms with van der Waals surface area (Å²) in [4.78, 5) is 41.4. The molecule has 0 aliphatic carbocycles. The van der Waals surface area contributed by atoms with Gasteiger partial charge in [-0.3, -0.25) is 14.4 Å². The van der Waals surface area contributed by atoms with E-state index < -0.39 is 5.82 Å². The number of methoxy groups -OCH3 is 1. The van der Waals surface area contributed by atoms with Gasteiger partial charge in [0.15, 0.2) is 0 Å². The van der Waals surface area contributed by atoms with Crippen molar-refractivity contribution >= 4 is 23.4 Å². The van der Waals surface area contributed by atoms with E-state index in [1.165, 1.54) is 31.2 Å². The number of halogens is 1. The molecule has 0 aromatic heterocycles. The fourth-order valence-corrected chi connectivity index (χ4v) is 4.09. The average Bonchev–Trinajstić information content (AvgIpc) is 2.82. The Labute approximate surface area is 205 Å². The molecule has 3 amide bonds. The van der Waals surface area contributed by atoms with E-state index in [-0.39, 0.29) is 42.4 Å². The number of carbonyl (C=O) groups excluding carboxylic acids is 3. The molecular formula is C26H32FN3O5. The van der Waals surface area contributed by atoms with Crippen LogP contribution in [-0.4, -0.2) is 73.5 Å². The third-order valence-electron chi connectivity index (χ3n) is 6.12. The normalized spacial score (nSPS) is 21.3. The Morgan fingerprint density at radius 2 is 1.80 bits per heavy atom. The van der Waals surface area contributed by atoms with Crippen molar-refractivity contribution in [1.82, 2.24) is 9.80 Å². The number of anilines is 1. The zero-order chi connectivity index (χ0) is 25.7. The van der Waals surface area contributed by atoms with Crippen LogP contribution in [0.5, 0.6) is 5.75 Å². The SMILES string of the molecule is CO[C@@H]1CN(C)C(=O)c2ccc(NC(C)=O)cc2OC[C@@H](C)N(C(=O)c2ccc(F)cc2)C[C@H]1C. The summed E-state index contributed by atoms with van der Waals surface area (Å²) in [5.74, 6) is -0.964. The van der Waals surface area contributed by atoms with Crippen molar-refractivity contribution in [3.8, 4) is 5.75 Å². The smallest absolute Gasteiger partial charge is 0.257 e. The highest BCUT2D eigenvalue weighted by Crippen LogP contribution is 2.27. The Balaban J connectivity index is 2.00. The summed E-state index contributed by atoms with van der Waals surface area (Å²) in [6.07, 6.45) is -0.331. The first kappa shape index (κ1) is 26.2. The summed E-state index contributed by atoms with van der Waals surface area (Å²) < 4.78 is 25.2. The lowest BCUT2D eigenvalue weighted by Crippen LogP contribution is -2.48. The summed E-state index contributed by atoms with van der Waals surface area (Å²) in [5.41, 5.74) is 1.20. The van der Waals surface area contributed by atoms with Gasteiger partial charge in [0.25, 0.3) is 11.8 Å². The van der Waals surface area contributed by atoms with Gasteiger partial charge in [0.05, 0.1) is 17.7 Å². The molecule has 2 aromatic carbocycles. The fourth-order valence-electron chi connectivity index (χ4n) is 4.09. The minimum absolute atomic E-state index is 0.102. The average molecular weight is 486 g/mol. The van der Waals surface area contributed by atoms with Crippen LogP contribution in [0.15, 0.2) is 42.5 Å². The topological polar surface area (TPSA) is 88.2 Å². The number of likely N-dealkylation sites (N-methyl/N-ethyl adjacent to an activating group) is 1. The molecule has 0 unspecified atom stereocenters. The van der Waals surface area contributed by atoms with E-state index in [1.54, 1.807) is 42.2 Å². The maximum absolute atomic E-state index is 13.4. The van der Waals surface area contributed by atoms with Crippen LogP contribution in [0, 0.1) is 11.7 Å². The van der Waals surface area contributed by atoms with Crippen LogP contribution in [0.1, 0.15) is 41.5 Å². The number of hydrogen-bond acceptors (Lipinski definition) is 5. The van der Waals surface area contributed by atoms with Gasteiger partial charge in [0.2, 0.25) is 5.91 Å². The molecule has 9 heteroatoms. The van der Waals surface area contributed by atoms with E-state index in [2.05, 4.69) is 5.32 Å². The van der Waals surface area contributed by atoms with Gasteiger partial charge in [-0.1, -0.05) is 6.92 Å². The van der Waals surface area contributed by atoms with Crippen molar-refractivity contribution in [1.29, 1.82) is 0 Å². The van der Waals surface area contributed by atoms with E-state index in [4.69, 9.17) is 9.47 Å². The Hall–Kier alpha value is -3.46. The van der Waals surface area contributed by atoms with Crippen molar-refractivity contribution < 1.29 is 28.2 Å². The first-order valence-corrected chi connectivity index (χ1v) is 11.5. The number of amides is 3. The predicted octanol–water partition coefficient (Wildman–Crippen LogP) is 3.43. The lowest BCUT2D eigenvalue weighted by atomic mass is 10.0.